The molecular formula is C22H40O4. The van der Waals surface area contributed by atoms with E-state index in [1.54, 1.807) is 0 Å². The van der Waals surface area contributed by atoms with Crippen molar-refractivity contribution >= 4 is 11.9 Å². The van der Waals surface area contributed by atoms with Crippen LogP contribution in [0.5, 0.6) is 0 Å². The standard InChI is InChI=1S/C22H40O4/c23-21-17-13-11-9-7-5-3-1-2-4-6-8-10-12-14-18-22(24)26-20-16-15-19-25-21/h1-20H2. The molecule has 0 atom stereocenters. The Morgan fingerprint density at radius 2 is 0.654 bits per heavy atom. The SMILES string of the molecule is O=C1CCCCCCCCCCCCCCCCC(=O)OCCCCO1. The van der Waals surface area contributed by atoms with Gasteiger partial charge in [0.15, 0.2) is 0 Å². The average molecular weight is 369 g/mol. The fourth-order valence-corrected chi connectivity index (χ4v) is 3.38. The highest BCUT2D eigenvalue weighted by molar-refractivity contribution is 5.69. The van der Waals surface area contributed by atoms with Gasteiger partial charge in [-0.05, 0) is 25.7 Å². The Balaban J connectivity index is 2.15. The molecule has 1 aliphatic heterocycles. The summed E-state index contributed by atoms with van der Waals surface area (Å²) in [5.74, 6) is -0.173. The van der Waals surface area contributed by atoms with Gasteiger partial charge in [0.1, 0.15) is 0 Å². The molecule has 0 aromatic rings. The molecule has 4 nitrogen and oxygen atoms in total. The van der Waals surface area contributed by atoms with Gasteiger partial charge in [-0.1, -0.05) is 77.0 Å². The van der Waals surface area contributed by atoms with E-state index in [1.165, 1.54) is 64.2 Å². The lowest BCUT2D eigenvalue weighted by atomic mass is 10.0. The lowest BCUT2D eigenvalue weighted by Gasteiger charge is -2.07. The summed E-state index contributed by atoms with van der Waals surface area (Å²) in [4.78, 5) is 23.3. The minimum atomic E-state index is -0.0866. The molecule has 0 aromatic carbocycles. The van der Waals surface area contributed by atoms with Gasteiger partial charge in [0.05, 0.1) is 13.2 Å². The van der Waals surface area contributed by atoms with Gasteiger partial charge in [0.25, 0.3) is 0 Å². The van der Waals surface area contributed by atoms with Gasteiger partial charge in [-0.15, -0.1) is 0 Å². The predicted molar refractivity (Wildman–Crippen MR) is 105 cm³/mol. The van der Waals surface area contributed by atoms with Crippen LogP contribution < -0.4 is 0 Å². The van der Waals surface area contributed by atoms with Crippen molar-refractivity contribution < 1.29 is 19.1 Å². The monoisotopic (exact) mass is 368 g/mol. The van der Waals surface area contributed by atoms with Crippen molar-refractivity contribution in [2.45, 2.75) is 116 Å². The molecule has 0 bridgehead atoms. The van der Waals surface area contributed by atoms with Gasteiger partial charge in [0, 0.05) is 12.8 Å². The third-order valence-electron chi connectivity index (χ3n) is 5.08. The molecule has 4 heteroatoms. The fraction of sp³-hybridized carbons (Fsp3) is 0.909. The van der Waals surface area contributed by atoms with Crippen LogP contribution in [0.1, 0.15) is 116 Å². The van der Waals surface area contributed by atoms with Crippen molar-refractivity contribution in [2.75, 3.05) is 13.2 Å². The molecule has 0 unspecified atom stereocenters. The Bertz CT molecular complexity index is 320. The molecule has 1 saturated heterocycles. The average Bonchev–Trinajstić information content (AvgIpc) is 2.63. The molecule has 0 aliphatic carbocycles. The zero-order valence-corrected chi connectivity index (χ0v) is 16.8. The Morgan fingerprint density at radius 1 is 0.385 bits per heavy atom. The van der Waals surface area contributed by atoms with E-state index in [-0.39, 0.29) is 11.9 Å². The number of ether oxygens (including phenoxy) is 2. The van der Waals surface area contributed by atoms with Gasteiger partial charge < -0.3 is 9.47 Å². The van der Waals surface area contributed by atoms with Crippen LogP contribution in [0.15, 0.2) is 0 Å². The molecule has 1 fully saturated rings. The molecule has 0 saturated carbocycles. The van der Waals surface area contributed by atoms with E-state index in [1.807, 2.05) is 0 Å². The van der Waals surface area contributed by atoms with Gasteiger partial charge >= 0.3 is 11.9 Å². The van der Waals surface area contributed by atoms with Crippen LogP contribution in [0.25, 0.3) is 0 Å². The Hall–Kier alpha value is -1.06. The summed E-state index contributed by atoms with van der Waals surface area (Å²) in [7, 11) is 0. The van der Waals surface area contributed by atoms with Crippen molar-refractivity contribution in [1.29, 1.82) is 0 Å². The third kappa shape index (κ3) is 15.2. The highest BCUT2D eigenvalue weighted by Crippen LogP contribution is 2.14. The number of rotatable bonds is 0. The summed E-state index contributed by atoms with van der Waals surface area (Å²) in [6.45, 7) is 0.882. The van der Waals surface area contributed by atoms with Crippen LogP contribution >= 0.6 is 0 Å². The normalized spacial score (nSPS) is 22.6. The second-order valence-corrected chi connectivity index (χ2v) is 7.60. The molecule has 0 amide bonds. The third-order valence-corrected chi connectivity index (χ3v) is 5.08. The largest absolute Gasteiger partial charge is 0.466 e. The minimum absolute atomic E-state index is 0.0866. The molecule has 0 spiro atoms. The lowest BCUT2D eigenvalue weighted by Crippen LogP contribution is -2.08. The van der Waals surface area contributed by atoms with Gasteiger partial charge in [-0.3, -0.25) is 9.59 Å². The van der Waals surface area contributed by atoms with Crippen molar-refractivity contribution in [3.63, 3.8) is 0 Å². The van der Waals surface area contributed by atoms with Gasteiger partial charge in [-0.25, -0.2) is 0 Å². The van der Waals surface area contributed by atoms with E-state index in [4.69, 9.17) is 9.47 Å². The summed E-state index contributed by atoms with van der Waals surface area (Å²) >= 11 is 0. The lowest BCUT2D eigenvalue weighted by molar-refractivity contribution is -0.146. The van der Waals surface area contributed by atoms with Crippen LogP contribution in [0, 0.1) is 0 Å². The highest BCUT2D eigenvalue weighted by atomic mass is 16.5. The quantitative estimate of drug-likeness (QED) is 0.484. The minimum Gasteiger partial charge on any atom is -0.466 e. The number of cyclic esters (lactones) is 2. The molecule has 0 aromatic heterocycles. The Labute approximate surface area is 160 Å². The topological polar surface area (TPSA) is 52.6 Å². The van der Waals surface area contributed by atoms with Crippen LogP contribution in [0.2, 0.25) is 0 Å². The maximum Gasteiger partial charge on any atom is 0.305 e. The van der Waals surface area contributed by atoms with Crippen LogP contribution in [-0.4, -0.2) is 25.2 Å². The van der Waals surface area contributed by atoms with E-state index in [0.29, 0.717) is 26.1 Å². The fourth-order valence-electron chi connectivity index (χ4n) is 3.38. The zero-order chi connectivity index (χ0) is 18.7. The van der Waals surface area contributed by atoms with Crippen LogP contribution in [-0.2, 0) is 19.1 Å². The first-order valence-electron chi connectivity index (χ1n) is 11.1. The number of carbonyl (C=O) groups excluding carboxylic acids is 2. The molecule has 152 valence electrons. The first kappa shape index (κ1) is 23.0. The van der Waals surface area contributed by atoms with Crippen molar-refractivity contribution in [1.82, 2.24) is 0 Å². The van der Waals surface area contributed by atoms with Crippen molar-refractivity contribution in [2.24, 2.45) is 0 Å². The van der Waals surface area contributed by atoms with E-state index < -0.39 is 0 Å². The number of hydrogen-bond acceptors (Lipinski definition) is 4. The summed E-state index contributed by atoms with van der Waals surface area (Å²) < 4.78 is 10.5. The molecule has 1 rings (SSSR count). The summed E-state index contributed by atoms with van der Waals surface area (Å²) in [6.07, 6.45) is 19.9. The Morgan fingerprint density at radius 3 is 0.962 bits per heavy atom. The molecule has 1 heterocycles. The van der Waals surface area contributed by atoms with Gasteiger partial charge in [-0.2, -0.15) is 0 Å². The first-order valence-corrected chi connectivity index (χ1v) is 11.1. The molecule has 1 aliphatic rings. The smallest absolute Gasteiger partial charge is 0.305 e. The van der Waals surface area contributed by atoms with Crippen LogP contribution in [0.3, 0.4) is 0 Å². The van der Waals surface area contributed by atoms with Crippen LogP contribution in [0.4, 0.5) is 0 Å². The number of carbonyl (C=O) groups is 2. The number of esters is 2. The zero-order valence-electron chi connectivity index (χ0n) is 16.8. The van der Waals surface area contributed by atoms with Crippen molar-refractivity contribution in [3.8, 4) is 0 Å². The molecule has 0 N–H and O–H groups in total. The number of hydrogen-bond donors (Lipinski definition) is 0. The molecule has 26 heavy (non-hydrogen) atoms. The van der Waals surface area contributed by atoms with Gasteiger partial charge in [0.2, 0.25) is 0 Å². The maximum atomic E-state index is 11.6. The summed E-state index contributed by atoms with van der Waals surface area (Å²) in [6, 6.07) is 0. The second kappa shape index (κ2) is 17.4. The highest BCUT2D eigenvalue weighted by Gasteiger charge is 2.05. The molecule has 0 radical (unpaired) electrons. The van der Waals surface area contributed by atoms with E-state index in [2.05, 4.69) is 0 Å². The predicted octanol–water partition coefficient (Wildman–Crippen LogP) is 6.11. The van der Waals surface area contributed by atoms with E-state index >= 15 is 0 Å². The summed E-state index contributed by atoms with van der Waals surface area (Å²) in [5, 5.41) is 0. The first-order chi connectivity index (χ1) is 12.8. The van der Waals surface area contributed by atoms with E-state index in [9.17, 15) is 9.59 Å². The maximum absolute atomic E-state index is 11.6. The van der Waals surface area contributed by atoms with E-state index in [0.717, 1.165) is 38.5 Å². The Kier molecular flexibility index (Phi) is 15.3. The summed E-state index contributed by atoms with van der Waals surface area (Å²) in [5.41, 5.74) is 0. The molecular weight excluding hydrogens is 328 g/mol. The van der Waals surface area contributed by atoms with Crippen molar-refractivity contribution in [3.05, 3.63) is 0 Å². The second-order valence-electron chi connectivity index (χ2n) is 7.60.